The van der Waals surface area contributed by atoms with Crippen LogP contribution >= 0.6 is 11.6 Å². The molecule has 94 valence electrons. The summed E-state index contributed by atoms with van der Waals surface area (Å²) in [6.45, 7) is 0.549. The van der Waals surface area contributed by atoms with Gasteiger partial charge in [-0.3, -0.25) is 0 Å². The lowest BCUT2D eigenvalue weighted by atomic mass is 10.2. The van der Waals surface area contributed by atoms with Crippen LogP contribution in [-0.4, -0.2) is 15.0 Å². The third-order valence-corrected chi connectivity index (χ3v) is 3.41. The Morgan fingerprint density at radius 2 is 2.22 bits per heavy atom. The van der Waals surface area contributed by atoms with E-state index in [2.05, 4.69) is 10.3 Å². The molecule has 1 aliphatic rings. The molecule has 0 saturated heterocycles. The first-order chi connectivity index (χ1) is 8.78. The van der Waals surface area contributed by atoms with Gasteiger partial charge in [-0.2, -0.15) is 0 Å². The molecule has 3 nitrogen and oxygen atoms in total. The number of nitrogens with zero attached hydrogens (tertiary/aromatic N) is 3. The topological polar surface area (TPSA) is 30.7 Å². The molecule has 1 aromatic heterocycles. The van der Waals surface area contributed by atoms with Gasteiger partial charge >= 0.3 is 0 Å². The first kappa shape index (κ1) is 11.7. The van der Waals surface area contributed by atoms with Crippen molar-refractivity contribution in [1.29, 1.82) is 0 Å². The van der Waals surface area contributed by atoms with E-state index in [9.17, 15) is 4.39 Å². The second kappa shape index (κ2) is 4.69. The quantitative estimate of drug-likeness (QED) is 0.796. The molecule has 18 heavy (non-hydrogen) atoms. The Morgan fingerprint density at radius 3 is 2.89 bits per heavy atom. The summed E-state index contributed by atoms with van der Waals surface area (Å²) in [5.41, 5.74) is 2.87. The monoisotopic (exact) mass is 265 g/mol. The second-order valence-corrected chi connectivity index (χ2v) is 4.88. The first-order valence-electron chi connectivity index (χ1n) is 6.00. The molecule has 3 rings (SSSR count). The predicted octanol–water partition coefficient (Wildman–Crippen LogP) is 3.08. The molecule has 0 amide bonds. The average molecular weight is 266 g/mol. The number of hydrogen-bond acceptors (Lipinski definition) is 2. The minimum atomic E-state index is -0.224. The molecule has 1 heterocycles. The Bertz CT molecular complexity index is 563. The van der Waals surface area contributed by atoms with Gasteiger partial charge in [0.2, 0.25) is 0 Å². The Hall–Kier alpha value is -1.42. The molecule has 0 bridgehead atoms. The number of aromatic nitrogens is 3. The van der Waals surface area contributed by atoms with Gasteiger partial charge in [0.05, 0.1) is 18.1 Å². The number of alkyl halides is 1. The van der Waals surface area contributed by atoms with Crippen LogP contribution in [0.3, 0.4) is 0 Å². The highest BCUT2D eigenvalue weighted by atomic mass is 35.5. The molecule has 1 fully saturated rings. The summed E-state index contributed by atoms with van der Waals surface area (Å²) in [6.07, 6.45) is 2.33. The lowest BCUT2D eigenvalue weighted by Crippen LogP contribution is -2.06. The van der Waals surface area contributed by atoms with Crippen molar-refractivity contribution in [2.45, 2.75) is 31.2 Å². The van der Waals surface area contributed by atoms with Crippen LogP contribution < -0.4 is 0 Å². The maximum Gasteiger partial charge on any atom is 0.123 e. The fourth-order valence-electron chi connectivity index (χ4n) is 2.18. The summed E-state index contributed by atoms with van der Waals surface area (Å²) in [4.78, 5) is 0. The van der Waals surface area contributed by atoms with Crippen molar-refractivity contribution in [3.05, 3.63) is 47.0 Å². The van der Waals surface area contributed by atoms with Gasteiger partial charge in [0.25, 0.3) is 0 Å². The molecule has 0 atom stereocenters. The largest absolute Gasteiger partial charge is 0.244 e. The van der Waals surface area contributed by atoms with Crippen molar-refractivity contribution >= 4 is 11.6 Å². The Kier molecular flexibility index (Phi) is 3.04. The van der Waals surface area contributed by atoms with E-state index in [0.29, 0.717) is 18.3 Å². The second-order valence-electron chi connectivity index (χ2n) is 4.62. The van der Waals surface area contributed by atoms with Crippen molar-refractivity contribution in [3.8, 4) is 0 Å². The van der Waals surface area contributed by atoms with Crippen LogP contribution in [0.2, 0.25) is 0 Å². The van der Waals surface area contributed by atoms with Gasteiger partial charge < -0.3 is 0 Å². The third kappa shape index (κ3) is 2.25. The standard InChI is InChI=1S/C13H13ClFN3/c14-7-12-13(10-4-5-10)18(17-16-12)8-9-2-1-3-11(15)6-9/h1-3,6,10H,4-5,7-8H2. The van der Waals surface area contributed by atoms with Crippen LogP contribution in [0.5, 0.6) is 0 Å². The molecule has 2 aromatic rings. The highest BCUT2D eigenvalue weighted by Gasteiger charge is 2.30. The van der Waals surface area contributed by atoms with E-state index in [-0.39, 0.29) is 5.82 Å². The van der Waals surface area contributed by atoms with Crippen molar-refractivity contribution in [3.63, 3.8) is 0 Å². The van der Waals surface area contributed by atoms with E-state index >= 15 is 0 Å². The Balaban J connectivity index is 1.90. The summed E-state index contributed by atoms with van der Waals surface area (Å²) in [5, 5.41) is 8.23. The normalized spacial score (nSPS) is 15.0. The highest BCUT2D eigenvalue weighted by molar-refractivity contribution is 6.16. The summed E-state index contributed by atoms with van der Waals surface area (Å²) in [7, 11) is 0. The van der Waals surface area contributed by atoms with E-state index in [0.717, 1.165) is 17.0 Å². The van der Waals surface area contributed by atoms with Crippen LogP contribution in [0.1, 0.15) is 35.7 Å². The first-order valence-corrected chi connectivity index (χ1v) is 6.54. The maximum atomic E-state index is 13.1. The van der Waals surface area contributed by atoms with Crippen LogP contribution in [0.15, 0.2) is 24.3 Å². The molecule has 1 aliphatic carbocycles. The van der Waals surface area contributed by atoms with E-state index in [1.165, 1.54) is 25.0 Å². The van der Waals surface area contributed by atoms with Gasteiger partial charge in [-0.05, 0) is 30.5 Å². The van der Waals surface area contributed by atoms with Crippen LogP contribution in [0.4, 0.5) is 4.39 Å². The molecule has 1 saturated carbocycles. The van der Waals surface area contributed by atoms with Crippen LogP contribution in [0.25, 0.3) is 0 Å². The SMILES string of the molecule is Fc1cccc(Cn2nnc(CCl)c2C2CC2)c1. The molecule has 0 unspecified atom stereocenters. The van der Waals surface area contributed by atoms with Gasteiger partial charge in [0.1, 0.15) is 11.5 Å². The molecular weight excluding hydrogens is 253 g/mol. The number of rotatable bonds is 4. The zero-order valence-corrected chi connectivity index (χ0v) is 10.6. The minimum Gasteiger partial charge on any atom is -0.244 e. The summed E-state index contributed by atoms with van der Waals surface area (Å²) >= 11 is 5.87. The molecule has 0 spiro atoms. The summed E-state index contributed by atoms with van der Waals surface area (Å²) in [6, 6.07) is 6.57. The highest BCUT2D eigenvalue weighted by Crippen LogP contribution is 2.41. The fourth-order valence-corrected chi connectivity index (χ4v) is 2.37. The fraction of sp³-hybridized carbons (Fsp3) is 0.385. The average Bonchev–Trinajstić information content (AvgIpc) is 3.11. The van der Waals surface area contributed by atoms with E-state index in [4.69, 9.17) is 11.6 Å². The van der Waals surface area contributed by atoms with Crippen molar-refractivity contribution in [1.82, 2.24) is 15.0 Å². The van der Waals surface area contributed by atoms with E-state index in [1.54, 1.807) is 6.07 Å². The van der Waals surface area contributed by atoms with Crippen LogP contribution in [0, 0.1) is 5.82 Å². The van der Waals surface area contributed by atoms with Gasteiger partial charge in [0.15, 0.2) is 0 Å². The summed E-state index contributed by atoms with van der Waals surface area (Å²) in [5.74, 6) is 0.690. The maximum absolute atomic E-state index is 13.1. The molecule has 5 heteroatoms. The van der Waals surface area contributed by atoms with Crippen molar-refractivity contribution < 1.29 is 4.39 Å². The van der Waals surface area contributed by atoms with Gasteiger partial charge in [-0.1, -0.05) is 17.3 Å². The van der Waals surface area contributed by atoms with Crippen molar-refractivity contribution in [2.24, 2.45) is 0 Å². The number of halogens is 2. The van der Waals surface area contributed by atoms with Crippen molar-refractivity contribution in [2.75, 3.05) is 0 Å². The smallest absolute Gasteiger partial charge is 0.123 e. The minimum absolute atomic E-state index is 0.224. The van der Waals surface area contributed by atoms with Crippen LogP contribution in [-0.2, 0) is 12.4 Å². The number of hydrogen-bond donors (Lipinski definition) is 0. The van der Waals surface area contributed by atoms with E-state index in [1.807, 2.05) is 10.7 Å². The molecule has 0 radical (unpaired) electrons. The number of benzene rings is 1. The lowest BCUT2D eigenvalue weighted by Gasteiger charge is -2.06. The predicted molar refractivity (Wildman–Crippen MR) is 67.1 cm³/mol. The summed E-state index contributed by atoms with van der Waals surface area (Å²) < 4.78 is 15.0. The lowest BCUT2D eigenvalue weighted by molar-refractivity contribution is 0.602. The molecule has 0 aliphatic heterocycles. The Morgan fingerprint density at radius 1 is 1.39 bits per heavy atom. The van der Waals surface area contributed by atoms with Gasteiger partial charge in [-0.25, -0.2) is 9.07 Å². The third-order valence-electron chi connectivity index (χ3n) is 3.16. The zero-order chi connectivity index (χ0) is 12.5. The zero-order valence-electron chi connectivity index (χ0n) is 9.81. The molecule has 1 aromatic carbocycles. The van der Waals surface area contributed by atoms with Gasteiger partial charge in [-0.15, -0.1) is 16.7 Å². The van der Waals surface area contributed by atoms with E-state index < -0.39 is 0 Å². The van der Waals surface area contributed by atoms with Gasteiger partial charge in [0, 0.05) is 5.92 Å². The molecular formula is C13H13ClFN3. The Labute approximate surface area is 110 Å². The molecule has 0 N–H and O–H groups in total.